The lowest BCUT2D eigenvalue weighted by Gasteiger charge is -2.17. The molecule has 0 radical (unpaired) electrons. The lowest BCUT2D eigenvalue weighted by atomic mass is 10.1. The van der Waals surface area contributed by atoms with E-state index >= 15 is 0 Å². The second kappa shape index (κ2) is 6.75. The number of aryl methyl sites for hydroxylation is 1. The van der Waals surface area contributed by atoms with Crippen molar-refractivity contribution in [1.82, 2.24) is 4.57 Å². The van der Waals surface area contributed by atoms with Gasteiger partial charge in [0.25, 0.3) is 0 Å². The highest BCUT2D eigenvalue weighted by molar-refractivity contribution is 6.33. The molecule has 3 aromatic rings. The lowest BCUT2D eigenvalue weighted by Crippen LogP contribution is -2.19. The van der Waals surface area contributed by atoms with Crippen molar-refractivity contribution in [3.63, 3.8) is 0 Å². The third-order valence-corrected chi connectivity index (χ3v) is 3.95. The van der Waals surface area contributed by atoms with Crippen molar-refractivity contribution in [2.75, 3.05) is 5.32 Å². The maximum atomic E-state index is 12.4. The summed E-state index contributed by atoms with van der Waals surface area (Å²) >= 11 is 6.17. The van der Waals surface area contributed by atoms with Crippen LogP contribution in [-0.2, 0) is 4.79 Å². The molecule has 1 atom stereocenters. The normalized spacial score (nSPS) is 12.1. The zero-order chi connectivity index (χ0) is 16.2. The molecule has 0 saturated heterocycles. The van der Waals surface area contributed by atoms with E-state index in [4.69, 9.17) is 16.0 Å². The SMILES string of the molecule is Cc1ccc(NC(=O)CC(c2ccco2)n2cccc2)c(Cl)c1. The van der Waals surface area contributed by atoms with Gasteiger partial charge < -0.3 is 14.3 Å². The number of carbonyl (C=O) groups is 1. The molecule has 23 heavy (non-hydrogen) atoms. The number of aromatic nitrogens is 1. The first kappa shape index (κ1) is 15.4. The first-order valence-corrected chi connectivity index (χ1v) is 7.73. The standard InChI is InChI=1S/C18H17ClN2O2/c1-13-6-7-15(14(19)11-13)20-18(22)12-16(17-5-4-10-23-17)21-8-2-3-9-21/h2-11,16H,12H2,1H3,(H,20,22). The molecule has 1 unspecified atom stereocenters. The van der Waals surface area contributed by atoms with E-state index in [1.807, 2.05) is 66.3 Å². The highest BCUT2D eigenvalue weighted by atomic mass is 35.5. The molecular formula is C18H17ClN2O2. The number of amides is 1. The molecular weight excluding hydrogens is 312 g/mol. The smallest absolute Gasteiger partial charge is 0.226 e. The maximum Gasteiger partial charge on any atom is 0.226 e. The number of carbonyl (C=O) groups excluding carboxylic acids is 1. The Balaban J connectivity index is 1.76. The number of anilines is 1. The topological polar surface area (TPSA) is 47.2 Å². The molecule has 4 nitrogen and oxygen atoms in total. The van der Waals surface area contributed by atoms with E-state index in [9.17, 15) is 4.79 Å². The van der Waals surface area contributed by atoms with Crippen molar-refractivity contribution in [1.29, 1.82) is 0 Å². The van der Waals surface area contributed by atoms with Gasteiger partial charge in [-0.1, -0.05) is 17.7 Å². The molecule has 1 aromatic carbocycles. The Kier molecular flexibility index (Phi) is 4.53. The molecule has 5 heteroatoms. The molecule has 0 aliphatic heterocycles. The fourth-order valence-corrected chi connectivity index (χ4v) is 2.77. The van der Waals surface area contributed by atoms with Crippen molar-refractivity contribution < 1.29 is 9.21 Å². The largest absolute Gasteiger partial charge is 0.467 e. The quantitative estimate of drug-likeness (QED) is 0.740. The Morgan fingerprint density at radius 2 is 2.04 bits per heavy atom. The zero-order valence-corrected chi connectivity index (χ0v) is 13.5. The van der Waals surface area contributed by atoms with Gasteiger partial charge in [0, 0.05) is 12.4 Å². The summed E-state index contributed by atoms with van der Waals surface area (Å²) in [6.45, 7) is 1.95. The van der Waals surface area contributed by atoms with Crippen LogP contribution in [0, 0.1) is 6.92 Å². The third kappa shape index (κ3) is 3.66. The number of hydrogen-bond donors (Lipinski definition) is 1. The molecule has 1 N–H and O–H groups in total. The van der Waals surface area contributed by atoms with Gasteiger partial charge in [-0.05, 0) is 48.9 Å². The summed E-state index contributed by atoms with van der Waals surface area (Å²) in [6.07, 6.45) is 5.70. The van der Waals surface area contributed by atoms with Gasteiger partial charge in [0.1, 0.15) is 5.76 Å². The Labute approximate surface area is 139 Å². The average Bonchev–Trinajstić information content (AvgIpc) is 3.21. The number of nitrogens with one attached hydrogen (secondary N) is 1. The van der Waals surface area contributed by atoms with Gasteiger partial charge in [-0.3, -0.25) is 4.79 Å². The summed E-state index contributed by atoms with van der Waals surface area (Å²) in [7, 11) is 0. The number of nitrogens with zero attached hydrogens (tertiary/aromatic N) is 1. The van der Waals surface area contributed by atoms with E-state index < -0.39 is 0 Å². The molecule has 1 amide bonds. The second-order valence-corrected chi connectivity index (χ2v) is 5.80. The number of hydrogen-bond acceptors (Lipinski definition) is 2. The molecule has 2 heterocycles. The third-order valence-electron chi connectivity index (χ3n) is 3.64. The van der Waals surface area contributed by atoms with Crippen molar-refractivity contribution in [2.24, 2.45) is 0 Å². The maximum absolute atomic E-state index is 12.4. The summed E-state index contributed by atoms with van der Waals surface area (Å²) in [5, 5.41) is 3.40. The van der Waals surface area contributed by atoms with Crippen molar-refractivity contribution in [3.8, 4) is 0 Å². The van der Waals surface area contributed by atoms with Crippen LogP contribution in [0.2, 0.25) is 5.02 Å². The Hall–Kier alpha value is -2.46. The van der Waals surface area contributed by atoms with Crippen LogP contribution in [0.15, 0.2) is 65.5 Å². The van der Waals surface area contributed by atoms with Crippen LogP contribution in [0.4, 0.5) is 5.69 Å². The van der Waals surface area contributed by atoms with Crippen molar-refractivity contribution >= 4 is 23.2 Å². The molecule has 0 aliphatic carbocycles. The van der Waals surface area contributed by atoms with Gasteiger partial charge in [-0.2, -0.15) is 0 Å². The van der Waals surface area contributed by atoms with Crippen LogP contribution >= 0.6 is 11.6 Å². The van der Waals surface area contributed by atoms with E-state index in [2.05, 4.69) is 5.32 Å². The predicted octanol–water partition coefficient (Wildman–Crippen LogP) is 4.66. The van der Waals surface area contributed by atoms with Gasteiger partial charge in [0.2, 0.25) is 5.91 Å². The van der Waals surface area contributed by atoms with E-state index in [-0.39, 0.29) is 18.4 Å². The van der Waals surface area contributed by atoms with E-state index in [0.29, 0.717) is 10.7 Å². The molecule has 0 bridgehead atoms. The van der Waals surface area contributed by atoms with Gasteiger partial charge in [0.05, 0.1) is 29.4 Å². The minimum absolute atomic E-state index is 0.120. The summed E-state index contributed by atoms with van der Waals surface area (Å²) < 4.78 is 7.44. The van der Waals surface area contributed by atoms with Crippen LogP contribution < -0.4 is 5.32 Å². The molecule has 2 aromatic heterocycles. The Bertz CT molecular complexity index is 745. The van der Waals surface area contributed by atoms with E-state index in [1.165, 1.54) is 0 Å². The van der Waals surface area contributed by atoms with Crippen LogP contribution in [0.25, 0.3) is 0 Å². The highest BCUT2D eigenvalue weighted by Crippen LogP contribution is 2.26. The van der Waals surface area contributed by atoms with Crippen LogP contribution in [0.1, 0.15) is 23.8 Å². The lowest BCUT2D eigenvalue weighted by molar-refractivity contribution is -0.116. The molecule has 0 aliphatic rings. The minimum atomic E-state index is -0.191. The van der Waals surface area contributed by atoms with Gasteiger partial charge in [-0.25, -0.2) is 0 Å². The average molecular weight is 329 g/mol. The molecule has 3 rings (SSSR count). The molecule has 0 fully saturated rings. The second-order valence-electron chi connectivity index (χ2n) is 5.40. The highest BCUT2D eigenvalue weighted by Gasteiger charge is 2.20. The molecule has 118 valence electrons. The number of furan rings is 1. The summed E-state index contributed by atoms with van der Waals surface area (Å²) in [5.74, 6) is 0.622. The monoisotopic (exact) mass is 328 g/mol. The number of rotatable bonds is 5. The number of benzene rings is 1. The zero-order valence-electron chi connectivity index (χ0n) is 12.7. The predicted molar refractivity (Wildman–Crippen MR) is 90.7 cm³/mol. The first-order valence-electron chi connectivity index (χ1n) is 7.35. The van der Waals surface area contributed by atoms with Crippen molar-refractivity contribution in [2.45, 2.75) is 19.4 Å². The van der Waals surface area contributed by atoms with Crippen molar-refractivity contribution in [3.05, 3.63) is 77.5 Å². The molecule has 0 spiro atoms. The number of halogens is 1. The summed E-state index contributed by atoms with van der Waals surface area (Å²) in [5.41, 5.74) is 1.67. The van der Waals surface area contributed by atoms with E-state index in [1.54, 1.807) is 6.26 Å². The summed E-state index contributed by atoms with van der Waals surface area (Å²) in [6, 6.07) is 12.9. The van der Waals surface area contributed by atoms with Gasteiger partial charge >= 0.3 is 0 Å². The Morgan fingerprint density at radius 3 is 2.70 bits per heavy atom. The van der Waals surface area contributed by atoms with E-state index in [0.717, 1.165) is 11.3 Å². The fraction of sp³-hybridized carbons (Fsp3) is 0.167. The molecule has 0 saturated carbocycles. The minimum Gasteiger partial charge on any atom is -0.467 e. The van der Waals surface area contributed by atoms with Gasteiger partial charge in [0.15, 0.2) is 0 Å². The van der Waals surface area contributed by atoms with Crippen LogP contribution in [-0.4, -0.2) is 10.5 Å². The first-order chi connectivity index (χ1) is 11.1. The van der Waals surface area contributed by atoms with Crippen LogP contribution in [0.3, 0.4) is 0 Å². The van der Waals surface area contributed by atoms with Crippen LogP contribution in [0.5, 0.6) is 0 Å². The Morgan fingerprint density at radius 1 is 1.26 bits per heavy atom. The summed E-state index contributed by atoms with van der Waals surface area (Å²) in [4.78, 5) is 12.4. The fourth-order valence-electron chi connectivity index (χ4n) is 2.49. The van der Waals surface area contributed by atoms with Gasteiger partial charge in [-0.15, -0.1) is 0 Å².